The first-order chi connectivity index (χ1) is 39.5. The Hall–Kier alpha value is -1.92. The van der Waals surface area contributed by atoms with Gasteiger partial charge in [0.2, 0.25) is 5.91 Å². The summed E-state index contributed by atoms with van der Waals surface area (Å²) in [5.74, 6) is -0.0262. The van der Waals surface area contributed by atoms with Crippen molar-refractivity contribution in [3.8, 4) is 0 Å². The van der Waals surface area contributed by atoms with E-state index < -0.39 is 12.1 Å². The zero-order valence-electron chi connectivity index (χ0n) is 54.1. The van der Waals surface area contributed by atoms with E-state index in [1.165, 1.54) is 315 Å². The first-order valence-corrected chi connectivity index (χ1v) is 36.2. The van der Waals surface area contributed by atoms with E-state index in [0.29, 0.717) is 25.9 Å². The topological polar surface area (TPSA) is 95.9 Å². The zero-order valence-corrected chi connectivity index (χ0v) is 54.1. The Morgan fingerprint density at radius 2 is 0.625 bits per heavy atom. The minimum absolute atomic E-state index is 0.00431. The maximum atomic E-state index is 12.5. The van der Waals surface area contributed by atoms with Crippen LogP contribution in [0.4, 0.5) is 0 Å². The first kappa shape index (κ1) is 78.1. The lowest BCUT2D eigenvalue weighted by Gasteiger charge is -2.22. The van der Waals surface area contributed by atoms with Crippen molar-refractivity contribution in [1.82, 2.24) is 5.32 Å². The third-order valence-electron chi connectivity index (χ3n) is 16.9. The molecule has 6 nitrogen and oxygen atoms in total. The number of carbonyl (C=O) groups is 2. The standard InChI is InChI=1S/C74H141NO5/c1-3-5-7-9-11-13-15-17-18-19-33-36-39-43-46-50-54-58-62-66-72(77)71(70-76)75-73(78)67-63-59-55-51-47-44-40-37-34-31-29-27-25-23-21-20-22-24-26-28-30-32-35-38-41-45-49-53-57-61-65-69-80-74(79)68-64-60-56-52-48-42-16-14-12-10-8-6-4-2/h14,16,22,24,28,30,71-72,76-77H,3-13,15,17-21,23,25-27,29,31-70H2,1-2H3,(H,75,78)/b16-14-,24-22-,30-28-. The maximum absolute atomic E-state index is 12.5. The van der Waals surface area contributed by atoms with E-state index in [1.807, 2.05) is 0 Å². The Bertz CT molecular complexity index is 1300. The van der Waals surface area contributed by atoms with Gasteiger partial charge in [0.1, 0.15) is 0 Å². The van der Waals surface area contributed by atoms with Crippen LogP contribution in [0.15, 0.2) is 36.5 Å². The molecule has 3 N–H and O–H groups in total. The molecule has 0 aromatic heterocycles. The van der Waals surface area contributed by atoms with Gasteiger partial charge in [0, 0.05) is 12.8 Å². The fraction of sp³-hybridized carbons (Fsp3) is 0.892. The van der Waals surface area contributed by atoms with E-state index in [2.05, 4.69) is 55.6 Å². The van der Waals surface area contributed by atoms with Gasteiger partial charge in [-0.25, -0.2) is 0 Å². The summed E-state index contributed by atoms with van der Waals surface area (Å²) in [7, 11) is 0. The second-order valence-electron chi connectivity index (χ2n) is 24.9. The summed E-state index contributed by atoms with van der Waals surface area (Å²) >= 11 is 0. The number of esters is 1. The van der Waals surface area contributed by atoms with Crippen LogP contribution in [0.25, 0.3) is 0 Å². The van der Waals surface area contributed by atoms with Crippen LogP contribution < -0.4 is 5.32 Å². The smallest absolute Gasteiger partial charge is 0.305 e. The van der Waals surface area contributed by atoms with Crippen LogP contribution in [0.5, 0.6) is 0 Å². The SMILES string of the molecule is CCCCCC/C=C\CCCCCCCC(=O)OCCCCCCCCCCC/C=C\C/C=C\CCCCCCCCCCCCCCCCCC(=O)NC(CO)C(O)CCCCCCCCCCCCCCCCCCCCC. The lowest BCUT2D eigenvalue weighted by Crippen LogP contribution is -2.45. The summed E-state index contributed by atoms with van der Waals surface area (Å²) in [6.45, 7) is 4.97. The first-order valence-electron chi connectivity index (χ1n) is 36.2. The number of aliphatic hydroxyl groups is 2. The van der Waals surface area contributed by atoms with Crippen LogP contribution in [0.3, 0.4) is 0 Å². The number of ether oxygens (including phenoxy) is 1. The van der Waals surface area contributed by atoms with Crippen molar-refractivity contribution in [1.29, 1.82) is 0 Å². The molecule has 0 rings (SSSR count). The molecule has 472 valence electrons. The Morgan fingerprint density at radius 1 is 0.350 bits per heavy atom. The van der Waals surface area contributed by atoms with Gasteiger partial charge in [0.15, 0.2) is 0 Å². The quantitative estimate of drug-likeness (QED) is 0.0320. The molecule has 0 bridgehead atoms. The van der Waals surface area contributed by atoms with Crippen molar-refractivity contribution in [3.05, 3.63) is 36.5 Å². The third-order valence-corrected chi connectivity index (χ3v) is 16.9. The molecular weight excluding hydrogens is 983 g/mol. The van der Waals surface area contributed by atoms with E-state index in [4.69, 9.17) is 4.74 Å². The fourth-order valence-corrected chi connectivity index (χ4v) is 11.4. The van der Waals surface area contributed by atoms with E-state index in [9.17, 15) is 19.8 Å². The summed E-state index contributed by atoms with van der Waals surface area (Å²) in [5, 5.41) is 23.4. The van der Waals surface area contributed by atoms with Crippen LogP contribution in [0, 0.1) is 0 Å². The third kappa shape index (κ3) is 65.2. The monoisotopic (exact) mass is 1120 g/mol. The van der Waals surface area contributed by atoms with E-state index in [1.54, 1.807) is 0 Å². The molecule has 0 spiro atoms. The van der Waals surface area contributed by atoms with Crippen LogP contribution in [-0.4, -0.2) is 47.4 Å². The molecule has 2 atom stereocenters. The summed E-state index contributed by atoms with van der Waals surface area (Å²) in [5.41, 5.74) is 0. The number of hydrogen-bond acceptors (Lipinski definition) is 5. The number of carbonyl (C=O) groups excluding carboxylic acids is 2. The molecule has 0 aliphatic carbocycles. The van der Waals surface area contributed by atoms with Gasteiger partial charge in [-0.15, -0.1) is 0 Å². The minimum atomic E-state index is -0.665. The van der Waals surface area contributed by atoms with Crippen molar-refractivity contribution in [3.63, 3.8) is 0 Å². The highest BCUT2D eigenvalue weighted by Gasteiger charge is 2.20. The maximum Gasteiger partial charge on any atom is 0.305 e. The molecule has 0 heterocycles. The van der Waals surface area contributed by atoms with Crippen LogP contribution >= 0.6 is 0 Å². The Labute approximate surface area is 500 Å². The number of amides is 1. The van der Waals surface area contributed by atoms with Crippen molar-refractivity contribution in [2.45, 2.75) is 411 Å². The van der Waals surface area contributed by atoms with Crippen molar-refractivity contribution in [2.75, 3.05) is 13.2 Å². The van der Waals surface area contributed by atoms with Crippen LogP contribution in [0.1, 0.15) is 399 Å². The molecule has 0 aliphatic heterocycles. The molecule has 0 aliphatic rings. The van der Waals surface area contributed by atoms with E-state index in [-0.39, 0.29) is 18.5 Å². The lowest BCUT2D eigenvalue weighted by molar-refractivity contribution is -0.143. The largest absolute Gasteiger partial charge is 0.466 e. The van der Waals surface area contributed by atoms with Gasteiger partial charge in [-0.3, -0.25) is 9.59 Å². The number of nitrogens with one attached hydrogen (secondary N) is 1. The van der Waals surface area contributed by atoms with E-state index >= 15 is 0 Å². The van der Waals surface area contributed by atoms with Gasteiger partial charge in [0.05, 0.1) is 25.4 Å². The zero-order chi connectivity index (χ0) is 57.8. The Morgan fingerprint density at radius 3 is 0.975 bits per heavy atom. The molecule has 6 heteroatoms. The van der Waals surface area contributed by atoms with Crippen molar-refractivity contribution >= 4 is 11.9 Å². The summed E-state index contributed by atoms with van der Waals surface area (Å²) < 4.78 is 5.48. The predicted molar refractivity (Wildman–Crippen MR) is 352 cm³/mol. The normalized spacial score (nSPS) is 12.7. The molecule has 0 saturated heterocycles. The molecule has 0 aromatic carbocycles. The number of hydrogen-bond donors (Lipinski definition) is 3. The number of rotatable bonds is 68. The number of unbranched alkanes of at least 4 members (excludes halogenated alkanes) is 51. The van der Waals surface area contributed by atoms with Crippen LogP contribution in [-0.2, 0) is 14.3 Å². The van der Waals surface area contributed by atoms with Gasteiger partial charge >= 0.3 is 5.97 Å². The highest BCUT2D eigenvalue weighted by molar-refractivity contribution is 5.76. The van der Waals surface area contributed by atoms with Gasteiger partial charge in [-0.05, 0) is 83.5 Å². The highest BCUT2D eigenvalue weighted by atomic mass is 16.5. The minimum Gasteiger partial charge on any atom is -0.466 e. The summed E-state index contributed by atoms with van der Waals surface area (Å²) in [6.07, 6.45) is 89.1. The fourth-order valence-electron chi connectivity index (χ4n) is 11.4. The second-order valence-corrected chi connectivity index (χ2v) is 24.9. The van der Waals surface area contributed by atoms with Gasteiger partial charge in [0.25, 0.3) is 0 Å². The molecule has 2 unspecified atom stereocenters. The Balaban J connectivity index is 3.39. The summed E-state index contributed by atoms with van der Waals surface area (Å²) in [6, 6.07) is -0.542. The number of allylic oxidation sites excluding steroid dienone is 6. The molecular formula is C74H141NO5. The van der Waals surface area contributed by atoms with E-state index in [0.717, 1.165) is 51.4 Å². The molecule has 0 radical (unpaired) electrons. The van der Waals surface area contributed by atoms with Gasteiger partial charge < -0.3 is 20.3 Å². The molecule has 80 heavy (non-hydrogen) atoms. The average molecular weight is 1120 g/mol. The van der Waals surface area contributed by atoms with Crippen LogP contribution in [0.2, 0.25) is 0 Å². The summed E-state index contributed by atoms with van der Waals surface area (Å²) in [4.78, 5) is 24.6. The Kier molecular flexibility index (Phi) is 67.9. The lowest BCUT2D eigenvalue weighted by atomic mass is 10.0. The molecule has 1 amide bonds. The van der Waals surface area contributed by atoms with Gasteiger partial charge in [-0.2, -0.15) is 0 Å². The van der Waals surface area contributed by atoms with Crippen molar-refractivity contribution in [2.24, 2.45) is 0 Å². The molecule has 0 fully saturated rings. The molecule has 0 saturated carbocycles. The average Bonchev–Trinajstić information content (AvgIpc) is 3.46. The highest BCUT2D eigenvalue weighted by Crippen LogP contribution is 2.19. The molecule has 0 aromatic rings. The van der Waals surface area contributed by atoms with Crippen molar-refractivity contribution < 1.29 is 24.5 Å². The number of aliphatic hydroxyl groups excluding tert-OH is 2. The van der Waals surface area contributed by atoms with Gasteiger partial charge in [-0.1, -0.05) is 339 Å². The predicted octanol–water partition coefficient (Wildman–Crippen LogP) is 23.5. The second kappa shape index (κ2) is 69.6.